The number of rotatable bonds is 7. The van der Waals surface area contributed by atoms with Gasteiger partial charge in [-0.1, -0.05) is 26.7 Å². The SMILES string of the molecule is CCC(CC)C(O)CNc1nc(C)cc(OC)n1. The summed E-state index contributed by atoms with van der Waals surface area (Å²) in [5.74, 6) is 1.34. The van der Waals surface area contributed by atoms with Crippen molar-refractivity contribution in [2.75, 3.05) is 19.0 Å². The van der Waals surface area contributed by atoms with Crippen molar-refractivity contribution < 1.29 is 9.84 Å². The summed E-state index contributed by atoms with van der Waals surface area (Å²) < 4.78 is 5.08. The van der Waals surface area contributed by atoms with E-state index in [2.05, 4.69) is 29.1 Å². The van der Waals surface area contributed by atoms with Crippen molar-refractivity contribution in [3.63, 3.8) is 0 Å². The van der Waals surface area contributed by atoms with Gasteiger partial charge in [0.2, 0.25) is 11.8 Å². The average Bonchev–Trinajstić information content (AvgIpc) is 2.37. The number of anilines is 1. The Morgan fingerprint density at radius 2 is 2.00 bits per heavy atom. The van der Waals surface area contributed by atoms with Gasteiger partial charge in [-0.3, -0.25) is 0 Å². The Bertz CT molecular complexity index is 367. The van der Waals surface area contributed by atoms with E-state index in [4.69, 9.17) is 4.74 Å². The Kier molecular flexibility index (Phi) is 5.85. The Morgan fingerprint density at radius 1 is 1.33 bits per heavy atom. The standard InChI is InChI=1S/C13H23N3O2/c1-5-10(6-2)11(17)8-14-13-15-9(3)7-12(16-13)18-4/h7,10-11,17H,5-6,8H2,1-4H3,(H,14,15,16). The molecule has 102 valence electrons. The van der Waals surface area contributed by atoms with E-state index in [0.29, 0.717) is 24.3 Å². The molecule has 2 N–H and O–H groups in total. The zero-order valence-electron chi connectivity index (χ0n) is 11.6. The normalized spacial score (nSPS) is 12.6. The minimum atomic E-state index is -0.380. The van der Waals surface area contributed by atoms with Crippen LogP contribution in [0.5, 0.6) is 5.88 Å². The van der Waals surface area contributed by atoms with Crippen LogP contribution in [0.3, 0.4) is 0 Å². The van der Waals surface area contributed by atoms with Crippen LogP contribution in [0.25, 0.3) is 0 Å². The Hall–Kier alpha value is -1.36. The zero-order valence-corrected chi connectivity index (χ0v) is 11.6. The highest BCUT2D eigenvalue weighted by Gasteiger charge is 2.15. The Morgan fingerprint density at radius 3 is 2.56 bits per heavy atom. The molecule has 0 spiro atoms. The Balaban J connectivity index is 2.60. The topological polar surface area (TPSA) is 67.3 Å². The van der Waals surface area contributed by atoms with Gasteiger partial charge in [0, 0.05) is 18.3 Å². The summed E-state index contributed by atoms with van der Waals surface area (Å²) in [6.07, 6.45) is 1.56. The number of methoxy groups -OCH3 is 1. The van der Waals surface area contributed by atoms with Crippen LogP contribution in [0.4, 0.5) is 5.95 Å². The molecule has 0 amide bonds. The predicted octanol–water partition coefficient (Wildman–Crippen LogP) is 2.00. The van der Waals surface area contributed by atoms with Gasteiger partial charge in [-0.2, -0.15) is 4.98 Å². The van der Waals surface area contributed by atoms with Crippen LogP contribution in [0.1, 0.15) is 32.4 Å². The highest BCUT2D eigenvalue weighted by molar-refractivity contribution is 5.30. The van der Waals surface area contributed by atoms with Crippen molar-refractivity contribution in [1.82, 2.24) is 9.97 Å². The van der Waals surface area contributed by atoms with Gasteiger partial charge in [0.1, 0.15) is 0 Å². The van der Waals surface area contributed by atoms with Crippen molar-refractivity contribution >= 4 is 5.95 Å². The third-order valence-corrected chi connectivity index (χ3v) is 3.10. The van der Waals surface area contributed by atoms with Gasteiger partial charge in [0.15, 0.2) is 0 Å². The van der Waals surface area contributed by atoms with Crippen molar-refractivity contribution in [3.05, 3.63) is 11.8 Å². The molecule has 0 saturated carbocycles. The molecule has 1 unspecified atom stereocenters. The molecule has 1 heterocycles. The zero-order chi connectivity index (χ0) is 13.5. The molecule has 0 aliphatic rings. The van der Waals surface area contributed by atoms with Crippen molar-refractivity contribution in [1.29, 1.82) is 0 Å². The van der Waals surface area contributed by atoms with E-state index in [1.807, 2.05) is 6.92 Å². The first-order valence-electron chi connectivity index (χ1n) is 6.42. The van der Waals surface area contributed by atoms with Crippen LogP contribution < -0.4 is 10.1 Å². The highest BCUT2D eigenvalue weighted by Crippen LogP contribution is 2.15. The second kappa shape index (κ2) is 7.16. The smallest absolute Gasteiger partial charge is 0.226 e. The Labute approximate surface area is 109 Å². The molecule has 5 heteroatoms. The molecule has 0 saturated heterocycles. The molecule has 18 heavy (non-hydrogen) atoms. The number of aryl methyl sites for hydroxylation is 1. The minimum Gasteiger partial charge on any atom is -0.481 e. The maximum atomic E-state index is 10.0. The fourth-order valence-electron chi connectivity index (χ4n) is 1.92. The molecule has 1 aromatic heterocycles. The highest BCUT2D eigenvalue weighted by atomic mass is 16.5. The fraction of sp³-hybridized carbons (Fsp3) is 0.692. The summed E-state index contributed by atoms with van der Waals surface area (Å²) in [6, 6.07) is 1.77. The average molecular weight is 253 g/mol. The van der Waals surface area contributed by atoms with Gasteiger partial charge in [0.25, 0.3) is 0 Å². The van der Waals surface area contributed by atoms with E-state index in [1.165, 1.54) is 0 Å². The van der Waals surface area contributed by atoms with Crippen LogP contribution in [0.15, 0.2) is 6.07 Å². The first kappa shape index (κ1) is 14.7. The monoisotopic (exact) mass is 253 g/mol. The van der Waals surface area contributed by atoms with Gasteiger partial charge >= 0.3 is 0 Å². The van der Waals surface area contributed by atoms with Crippen molar-refractivity contribution in [2.45, 2.75) is 39.7 Å². The van der Waals surface area contributed by atoms with E-state index in [1.54, 1.807) is 13.2 Å². The summed E-state index contributed by atoms with van der Waals surface area (Å²) >= 11 is 0. The number of nitrogens with one attached hydrogen (secondary N) is 1. The minimum absolute atomic E-state index is 0.309. The summed E-state index contributed by atoms with van der Waals surface area (Å²) in [5, 5.41) is 13.1. The largest absolute Gasteiger partial charge is 0.481 e. The van der Waals surface area contributed by atoms with Crippen LogP contribution in [-0.2, 0) is 0 Å². The number of aromatic nitrogens is 2. The molecule has 0 aromatic carbocycles. The third kappa shape index (κ3) is 4.14. The fourth-order valence-corrected chi connectivity index (χ4v) is 1.92. The molecular formula is C13H23N3O2. The van der Waals surface area contributed by atoms with E-state index in [9.17, 15) is 5.11 Å². The summed E-state index contributed by atoms with van der Waals surface area (Å²) in [6.45, 7) is 6.51. The maximum Gasteiger partial charge on any atom is 0.226 e. The van der Waals surface area contributed by atoms with E-state index in [0.717, 1.165) is 18.5 Å². The molecule has 0 fully saturated rings. The number of aliphatic hydroxyl groups is 1. The number of nitrogens with zero attached hydrogens (tertiary/aromatic N) is 2. The molecule has 1 aromatic rings. The lowest BCUT2D eigenvalue weighted by Crippen LogP contribution is -2.28. The second-order valence-corrected chi connectivity index (χ2v) is 4.40. The maximum absolute atomic E-state index is 10.0. The van der Waals surface area contributed by atoms with Crippen LogP contribution in [0.2, 0.25) is 0 Å². The molecule has 0 aliphatic heterocycles. The first-order chi connectivity index (χ1) is 8.60. The molecule has 1 atom stereocenters. The van der Waals surface area contributed by atoms with Crippen molar-refractivity contribution in [2.24, 2.45) is 5.92 Å². The van der Waals surface area contributed by atoms with Crippen LogP contribution >= 0.6 is 0 Å². The number of ether oxygens (including phenoxy) is 1. The summed E-state index contributed by atoms with van der Waals surface area (Å²) in [5.41, 5.74) is 0.835. The molecule has 1 rings (SSSR count). The van der Waals surface area contributed by atoms with Crippen molar-refractivity contribution in [3.8, 4) is 5.88 Å². The van der Waals surface area contributed by atoms with Crippen LogP contribution in [0, 0.1) is 12.8 Å². The summed E-state index contributed by atoms with van der Waals surface area (Å²) in [4.78, 5) is 8.43. The first-order valence-corrected chi connectivity index (χ1v) is 6.42. The lowest BCUT2D eigenvalue weighted by atomic mass is 9.97. The van der Waals surface area contributed by atoms with Gasteiger partial charge in [-0.25, -0.2) is 4.98 Å². The van der Waals surface area contributed by atoms with E-state index in [-0.39, 0.29) is 6.10 Å². The number of hydrogen-bond donors (Lipinski definition) is 2. The van der Waals surface area contributed by atoms with Gasteiger partial charge in [-0.15, -0.1) is 0 Å². The van der Waals surface area contributed by atoms with Gasteiger partial charge in [-0.05, 0) is 12.8 Å². The molecule has 0 radical (unpaired) electrons. The number of aliphatic hydroxyl groups excluding tert-OH is 1. The quantitative estimate of drug-likeness (QED) is 0.778. The molecule has 5 nitrogen and oxygen atoms in total. The number of hydrogen-bond acceptors (Lipinski definition) is 5. The predicted molar refractivity (Wildman–Crippen MR) is 71.9 cm³/mol. The summed E-state index contributed by atoms with van der Waals surface area (Å²) in [7, 11) is 1.57. The van der Waals surface area contributed by atoms with E-state index >= 15 is 0 Å². The molecule has 0 aliphatic carbocycles. The van der Waals surface area contributed by atoms with Gasteiger partial charge < -0.3 is 15.2 Å². The van der Waals surface area contributed by atoms with Crippen LogP contribution in [-0.4, -0.2) is 34.8 Å². The van der Waals surface area contributed by atoms with Gasteiger partial charge in [0.05, 0.1) is 13.2 Å². The lowest BCUT2D eigenvalue weighted by Gasteiger charge is -2.20. The third-order valence-electron chi connectivity index (χ3n) is 3.10. The second-order valence-electron chi connectivity index (χ2n) is 4.40. The molecular weight excluding hydrogens is 230 g/mol. The molecule has 0 bridgehead atoms. The van der Waals surface area contributed by atoms with E-state index < -0.39 is 0 Å². The lowest BCUT2D eigenvalue weighted by molar-refractivity contribution is 0.114.